The molecule has 1 rings (SSSR count). The lowest BCUT2D eigenvalue weighted by atomic mass is 10.0. The van der Waals surface area contributed by atoms with Crippen molar-refractivity contribution in [3.63, 3.8) is 0 Å². The van der Waals surface area contributed by atoms with Crippen LogP contribution in [0.5, 0.6) is 0 Å². The second-order valence-electron chi connectivity index (χ2n) is 2.21. The standard InChI is InChI=1S/C7H11N3/c8-4-6-2-1-3-10-7(6)5-9/h4-5,9H,1-3,8H2. The lowest BCUT2D eigenvalue weighted by Gasteiger charge is -2.10. The zero-order chi connectivity index (χ0) is 7.40. The third-order valence-corrected chi connectivity index (χ3v) is 1.55. The molecule has 54 valence electrons. The van der Waals surface area contributed by atoms with E-state index in [0.717, 1.165) is 30.7 Å². The van der Waals surface area contributed by atoms with Crippen molar-refractivity contribution in [1.29, 1.82) is 5.41 Å². The molecule has 0 aromatic rings. The first-order chi connectivity index (χ1) is 4.88. The van der Waals surface area contributed by atoms with Crippen LogP contribution in [0.25, 0.3) is 0 Å². The van der Waals surface area contributed by atoms with E-state index in [9.17, 15) is 0 Å². The number of nitrogens with one attached hydrogen (secondary N) is 1. The highest BCUT2D eigenvalue weighted by molar-refractivity contribution is 6.37. The molecular formula is C7H11N3. The Labute approximate surface area is 60.2 Å². The first-order valence-corrected chi connectivity index (χ1v) is 3.34. The Morgan fingerprint density at radius 2 is 2.40 bits per heavy atom. The summed E-state index contributed by atoms with van der Waals surface area (Å²) in [4.78, 5) is 4.13. The fourth-order valence-electron chi connectivity index (χ4n) is 1.01. The Morgan fingerprint density at radius 1 is 1.60 bits per heavy atom. The van der Waals surface area contributed by atoms with Crippen molar-refractivity contribution in [3.8, 4) is 0 Å². The molecule has 0 aromatic heterocycles. The maximum Gasteiger partial charge on any atom is 0.0796 e. The highest BCUT2D eigenvalue weighted by Crippen LogP contribution is 2.10. The zero-order valence-corrected chi connectivity index (χ0v) is 5.80. The molecule has 3 N–H and O–H groups in total. The Hall–Kier alpha value is -1.12. The number of aliphatic imine (C=N–C) groups is 1. The van der Waals surface area contributed by atoms with Gasteiger partial charge >= 0.3 is 0 Å². The van der Waals surface area contributed by atoms with Crippen molar-refractivity contribution in [2.45, 2.75) is 12.8 Å². The van der Waals surface area contributed by atoms with Gasteiger partial charge < -0.3 is 11.1 Å². The van der Waals surface area contributed by atoms with Crippen LogP contribution in [-0.4, -0.2) is 18.5 Å². The van der Waals surface area contributed by atoms with E-state index in [1.165, 1.54) is 6.21 Å². The van der Waals surface area contributed by atoms with Crippen LogP contribution >= 0.6 is 0 Å². The van der Waals surface area contributed by atoms with Gasteiger partial charge in [-0.1, -0.05) is 0 Å². The third-order valence-electron chi connectivity index (χ3n) is 1.55. The molecule has 1 aliphatic heterocycles. The van der Waals surface area contributed by atoms with E-state index < -0.39 is 0 Å². The van der Waals surface area contributed by atoms with Crippen LogP contribution in [0.2, 0.25) is 0 Å². The normalized spacial score (nSPS) is 22.4. The molecule has 1 heterocycles. The zero-order valence-electron chi connectivity index (χ0n) is 5.80. The summed E-state index contributed by atoms with van der Waals surface area (Å²) in [5.74, 6) is 0. The predicted octanol–water partition coefficient (Wildman–Crippen LogP) is 0.713. The molecule has 0 fully saturated rings. The third kappa shape index (κ3) is 1.23. The quantitative estimate of drug-likeness (QED) is 0.514. The van der Waals surface area contributed by atoms with Crippen LogP contribution in [0, 0.1) is 5.41 Å². The van der Waals surface area contributed by atoms with Crippen molar-refractivity contribution in [3.05, 3.63) is 11.8 Å². The maximum absolute atomic E-state index is 6.98. The van der Waals surface area contributed by atoms with Gasteiger partial charge in [0, 0.05) is 12.8 Å². The van der Waals surface area contributed by atoms with Gasteiger partial charge in [0.2, 0.25) is 0 Å². The van der Waals surface area contributed by atoms with Crippen molar-refractivity contribution in [2.75, 3.05) is 6.54 Å². The Morgan fingerprint density at radius 3 is 2.90 bits per heavy atom. The molecule has 0 radical (unpaired) electrons. The molecule has 0 aromatic carbocycles. The minimum Gasteiger partial charge on any atom is -0.404 e. The smallest absolute Gasteiger partial charge is 0.0796 e. The minimum absolute atomic E-state index is 0.744. The molecule has 3 nitrogen and oxygen atoms in total. The summed E-state index contributed by atoms with van der Waals surface area (Å²) >= 11 is 0. The SMILES string of the molecule is N=CC1=NCCCC1=CN. The monoisotopic (exact) mass is 137 g/mol. The van der Waals surface area contributed by atoms with Gasteiger partial charge in [-0.05, 0) is 24.6 Å². The topological polar surface area (TPSA) is 62.2 Å². The largest absolute Gasteiger partial charge is 0.404 e. The number of rotatable bonds is 1. The molecule has 0 bridgehead atoms. The van der Waals surface area contributed by atoms with Gasteiger partial charge in [-0.15, -0.1) is 0 Å². The second kappa shape index (κ2) is 3.15. The number of hydrogen-bond acceptors (Lipinski definition) is 3. The van der Waals surface area contributed by atoms with E-state index >= 15 is 0 Å². The summed E-state index contributed by atoms with van der Waals surface area (Å²) in [7, 11) is 0. The first kappa shape index (κ1) is 6.99. The average molecular weight is 137 g/mol. The number of nitrogens with two attached hydrogens (primary N) is 1. The van der Waals surface area contributed by atoms with Gasteiger partial charge in [0.1, 0.15) is 0 Å². The van der Waals surface area contributed by atoms with Crippen molar-refractivity contribution < 1.29 is 0 Å². The van der Waals surface area contributed by atoms with E-state index in [2.05, 4.69) is 4.99 Å². The summed E-state index contributed by atoms with van der Waals surface area (Å²) in [5.41, 5.74) is 7.07. The highest BCUT2D eigenvalue weighted by Gasteiger charge is 2.07. The molecule has 1 aliphatic rings. The van der Waals surface area contributed by atoms with Crippen LogP contribution in [-0.2, 0) is 0 Å². The molecule has 3 heteroatoms. The highest BCUT2D eigenvalue weighted by atomic mass is 14.8. The minimum atomic E-state index is 0.744. The first-order valence-electron chi connectivity index (χ1n) is 3.34. The van der Waals surface area contributed by atoms with Gasteiger partial charge in [0.15, 0.2) is 0 Å². The van der Waals surface area contributed by atoms with Gasteiger partial charge in [-0.2, -0.15) is 0 Å². The summed E-state index contributed by atoms with van der Waals surface area (Å²) < 4.78 is 0. The lowest BCUT2D eigenvalue weighted by Crippen LogP contribution is -2.12. The van der Waals surface area contributed by atoms with E-state index in [1.54, 1.807) is 6.20 Å². The van der Waals surface area contributed by atoms with Crippen molar-refractivity contribution in [2.24, 2.45) is 10.7 Å². The molecule has 0 aliphatic carbocycles. The molecule has 0 spiro atoms. The molecule has 0 atom stereocenters. The van der Waals surface area contributed by atoms with Gasteiger partial charge in [-0.3, -0.25) is 4.99 Å². The summed E-state index contributed by atoms with van der Waals surface area (Å²) in [6.45, 7) is 0.835. The van der Waals surface area contributed by atoms with E-state index in [4.69, 9.17) is 11.1 Å². The van der Waals surface area contributed by atoms with Gasteiger partial charge in [0.05, 0.1) is 5.71 Å². The number of hydrogen-bond donors (Lipinski definition) is 2. The van der Waals surface area contributed by atoms with Gasteiger partial charge in [0.25, 0.3) is 0 Å². The second-order valence-corrected chi connectivity index (χ2v) is 2.21. The van der Waals surface area contributed by atoms with E-state index in [-0.39, 0.29) is 0 Å². The number of nitrogens with zero attached hydrogens (tertiary/aromatic N) is 1. The molecule has 0 unspecified atom stereocenters. The molecule has 0 amide bonds. The molecular weight excluding hydrogens is 126 g/mol. The van der Waals surface area contributed by atoms with E-state index in [0.29, 0.717) is 0 Å². The van der Waals surface area contributed by atoms with Crippen LogP contribution in [0.1, 0.15) is 12.8 Å². The van der Waals surface area contributed by atoms with E-state index in [1.807, 2.05) is 0 Å². The summed E-state index contributed by atoms with van der Waals surface area (Å²) in [6.07, 6.45) is 4.83. The van der Waals surface area contributed by atoms with Crippen LogP contribution in [0.4, 0.5) is 0 Å². The molecule has 10 heavy (non-hydrogen) atoms. The average Bonchev–Trinajstić information content (AvgIpc) is 2.04. The Balaban J connectivity index is 2.82. The van der Waals surface area contributed by atoms with Crippen molar-refractivity contribution >= 4 is 11.9 Å². The summed E-state index contributed by atoms with van der Waals surface area (Å²) in [6, 6.07) is 0. The molecule has 0 saturated carbocycles. The fourth-order valence-corrected chi connectivity index (χ4v) is 1.01. The van der Waals surface area contributed by atoms with Gasteiger partial charge in [-0.25, -0.2) is 0 Å². The lowest BCUT2D eigenvalue weighted by molar-refractivity contribution is 0.817. The Kier molecular flexibility index (Phi) is 2.20. The maximum atomic E-state index is 6.98. The van der Waals surface area contributed by atoms with Crippen LogP contribution in [0.15, 0.2) is 16.8 Å². The van der Waals surface area contributed by atoms with Crippen LogP contribution < -0.4 is 5.73 Å². The fraction of sp³-hybridized carbons (Fsp3) is 0.429. The number of allylic oxidation sites excluding steroid dienone is 1. The van der Waals surface area contributed by atoms with Crippen LogP contribution in [0.3, 0.4) is 0 Å². The predicted molar refractivity (Wildman–Crippen MR) is 42.6 cm³/mol. The molecule has 0 saturated heterocycles. The Bertz CT molecular complexity index is 191. The van der Waals surface area contributed by atoms with Crippen molar-refractivity contribution in [1.82, 2.24) is 0 Å². The summed E-state index contributed by atoms with van der Waals surface area (Å²) in [5, 5.41) is 6.98.